The second-order valence-electron chi connectivity index (χ2n) is 8.47. The summed E-state index contributed by atoms with van der Waals surface area (Å²) in [7, 11) is -2.50. The quantitative estimate of drug-likeness (QED) is 0.502. The molecule has 31 heavy (non-hydrogen) atoms. The van der Waals surface area contributed by atoms with Gasteiger partial charge < -0.3 is 9.64 Å². The largest absolute Gasteiger partial charge is 0.465 e. The van der Waals surface area contributed by atoms with Crippen molar-refractivity contribution in [2.75, 3.05) is 26.7 Å². The number of esters is 1. The predicted octanol–water partition coefficient (Wildman–Crippen LogP) is 3.34. The second kappa shape index (κ2) is 9.42. The summed E-state index contributed by atoms with van der Waals surface area (Å²) in [6, 6.07) is 0. The summed E-state index contributed by atoms with van der Waals surface area (Å²) in [4.78, 5) is 28.3. The number of nitrogens with zero attached hydrogens (tertiary/aromatic N) is 2. The van der Waals surface area contributed by atoms with E-state index in [0.717, 1.165) is 66.7 Å². The Labute approximate surface area is 188 Å². The Balaban J connectivity index is 1.65. The Morgan fingerprint density at radius 2 is 1.84 bits per heavy atom. The SMILES string of the molecule is COC(=O)c1c(S(=O)(=O)N2CCCCCC2)sc2c1CCN(C(=O)C1CC=CCC1)C2. The summed E-state index contributed by atoms with van der Waals surface area (Å²) in [5.74, 6) is -0.491. The molecule has 4 rings (SSSR count). The van der Waals surface area contributed by atoms with Crippen LogP contribution in [0.3, 0.4) is 0 Å². The molecule has 1 aromatic rings. The highest BCUT2D eigenvalue weighted by molar-refractivity contribution is 7.91. The van der Waals surface area contributed by atoms with Gasteiger partial charge >= 0.3 is 5.97 Å². The number of amides is 1. The summed E-state index contributed by atoms with van der Waals surface area (Å²) in [5.41, 5.74) is 0.914. The van der Waals surface area contributed by atoms with Crippen molar-refractivity contribution in [2.45, 2.75) is 62.1 Å². The molecular weight excluding hydrogens is 436 g/mol. The molecule has 1 aliphatic carbocycles. The maximum atomic E-state index is 13.5. The number of rotatable bonds is 4. The number of carbonyl (C=O) groups is 2. The molecule has 0 bridgehead atoms. The minimum Gasteiger partial charge on any atom is -0.465 e. The number of hydrogen-bond donors (Lipinski definition) is 0. The lowest BCUT2D eigenvalue weighted by molar-refractivity contribution is -0.136. The van der Waals surface area contributed by atoms with Gasteiger partial charge in [0.05, 0.1) is 19.2 Å². The predicted molar refractivity (Wildman–Crippen MR) is 118 cm³/mol. The fourth-order valence-electron chi connectivity index (χ4n) is 4.73. The molecule has 0 radical (unpaired) electrons. The van der Waals surface area contributed by atoms with Crippen LogP contribution < -0.4 is 0 Å². The number of methoxy groups -OCH3 is 1. The van der Waals surface area contributed by atoms with Gasteiger partial charge in [0.2, 0.25) is 5.91 Å². The highest BCUT2D eigenvalue weighted by atomic mass is 32.2. The van der Waals surface area contributed by atoms with Crippen LogP contribution in [-0.2, 0) is 32.5 Å². The van der Waals surface area contributed by atoms with Gasteiger partial charge in [0.15, 0.2) is 0 Å². The zero-order valence-electron chi connectivity index (χ0n) is 18.0. The molecule has 1 fully saturated rings. The zero-order chi connectivity index (χ0) is 22.0. The van der Waals surface area contributed by atoms with Gasteiger partial charge in [-0.3, -0.25) is 4.79 Å². The Morgan fingerprint density at radius 3 is 2.48 bits per heavy atom. The van der Waals surface area contributed by atoms with Crippen LogP contribution >= 0.6 is 11.3 Å². The first-order chi connectivity index (χ1) is 14.9. The number of thiophene rings is 1. The molecule has 3 heterocycles. The van der Waals surface area contributed by atoms with Gasteiger partial charge in [0, 0.05) is 30.4 Å². The summed E-state index contributed by atoms with van der Waals surface area (Å²) in [6.07, 6.45) is 10.9. The van der Waals surface area contributed by atoms with Crippen LogP contribution in [0.4, 0.5) is 0 Å². The van der Waals surface area contributed by atoms with Crippen LogP contribution in [0.1, 0.15) is 65.7 Å². The van der Waals surface area contributed by atoms with Crippen LogP contribution in [-0.4, -0.2) is 56.2 Å². The highest BCUT2D eigenvalue weighted by Crippen LogP contribution is 2.39. The van der Waals surface area contributed by atoms with Gasteiger partial charge in [-0.2, -0.15) is 4.31 Å². The molecule has 0 aromatic carbocycles. The summed E-state index contributed by atoms with van der Waals surface area (Å²) in [5, 5.41) is 0. The van der Waals surface area contributed by atoms with Crippen molar-refractivity contribution in [1.29, 1.82) is 0 Å². The average Bonchev–Trinajstić information content (AvgIpc) is 2.96. The van der Waals surface area contributed by atoms with Crippen molar-refractivity contribution < 1.29 is 22.7 Å². The number of allylic oxidation sites excluding steroid dienone is 2. The smallest absolute Gasteiger partial charge is 0.340 e. The lowest BCUT2D eigenvalue weighted by Crippen LogP contribution is -2.39. The van der Waals surface area contributed by atoms with Gasteiger partial charge in [0.1, 0.15) is 4.21 Å². The van der Waals surface area contributed by atoms with Crippen LogP contribution in [0.5, 0.6) is 0 Å². The Kier molecular flexibility index (Phi) is 6.83. The zero-order valence-corrected chi connectivity index (χ0v) is 19.6. The first kappa shape index (κ1) is 22.5. The number of carbonyl (C=O) groups excluding carboxylic acids is 2. The highest BCUT2D eigenvalue weighted by Gasteiger charge is 2.38. The fourth-order valence-corrected chi connectivity index (χ4v) is 8.29. The van der Waals surface area contributed by atoms with E-state index in [1.54, 1.807) is 0 Å². The second-order valence-corrected chi connectivity index (χ2v) is 11.7. The molecule has 2 aliphatic heterocycles. The number of sulfonamides is 1. The molecule has 0 saturated carbocycles. The minimum atomic E-state index is -3.78. The Hall–Kier alpha value is -1.71. The van der Waals surface area contributed by atoms with Crippen molar-refractivity contribution in [3.05, 3.63) is 28.2 Å². The molecule has 3 aliphatic rings. The van der Waals surface area contributed by atoms with Crippen molar-refractivity contribution in [1.82, 2.24) is 9.21 Å². The first-order valence-electron chi connectivity index (χ1n) is 11.1. The average molecular weight is 467 g/mol. The summed E-state index contributed by atoms with van der Waals surface area (Å²) >= 11 is 1.14. The van der Waals surface area contributed by atoms with E-state index in [-0.39, 0.29) is 21.6 Å². The van der Waals surface area contributed by atoms with Crippen LogP contribution in [0.2, 0.25) is 0 Å². The van der Waals surface area contributed by atoms with Crippen LogP contribution in [0.15, 0.2) is 16.4 Å². The van der Waals surface area contributed by atoms with E-state index in [9.17, 15) is 18.0 Å². The van der Waals surface area contributed by atoms with E-state index >= 15 is 0 Å². The van der Waals surface area contributed by atoms with E-state index in [2.05, 4.69) is 12.2 Å². The molecular formula is C22H30N2O5S2. The van der Waals surface area contributed by atoms with E-state index < -0.39 is 16.0 Å². The maximum absolute atomic E-state index is 13.5. The molecule has 0 N–H and O–H groups in total. The van der Waals surface area contributed by atoms with Crippen molar-refractivity contribution in [2.24, 2.45) is 5.92 Å². The Bertz CT molecular complexity index is 974. The van der Waals surface area contributed by atoms with Gasteiger partial charge in [-0.25, -0.2) is 13.2 Å². The van der Waals surface area contributed by atoms with E-state index in [4.69, 9.17) is 4.74 Å². The lowest BCUT2D eigenvalue weighted by atomic mass is 9.92. The lowest BCUT2D eigenvalue weighted by Gasteiger charge is -2.31. The topological polar surface area (TPSA) is 84.0 Å². The van der Waals surface area contributed by atoms with Gasteiger partial charge in [-0.1, -0.05) is 25.0 Å². The third-order valence-electron chi connectivity index (χ3n) is 6.48. The van der Waals surface area contributed by atoms with E-state index in [1.165, 1.54) is 11.4 Å². The third-order valence-corrected chi connectivity index (χ3v) is 10.1. The molecule has 0 spiro atoms. The maximum Gasteiger partial charge on any atom is 0.340 e. The van der Waals surface area contributed by atoms with Crippen molar-refractivity contribution in [3.63, 3.8) is 0 Å². The van der Waals surface area contributed by atoms with E-state index in [1.807, 2.05) is 4.90 Å². The van der Waals surface area contributed by atoms with Gasteiger partial charge in [0.25, 0.3) is 10.0 Å². The third kappa shape index (κ3) is 4.45. The normalized spacial score (nSPS) is 22.6. The minimum absolute atomic E-state index is 0.00751. The molecule has 9 heteroatoms. The van der Waals surface area contributed by atoms with Crippen molar-refractivity contribution in [3.8, 4) is 0 Å². The molecule has 1 amide bonds. The first-order valence-corrected chi connectivity index (χ1v) is 13.4. The van der Waals surface area contributed by atoms with Gasteiger partial charge in [-0.15, -0.1) is 11.3 Å². The monoisotopic (exact) mass is 466 g/mol. The number of ether oxygens (including phenoxy) is 1. The summed E-state index contributed by atoms with van der Waals surface area (Å²) in [6.45, 7) is 1.81. The Morgan fingerprint density at radius 1 is 1.10 bits per heavy atom. The standard InChI is InChI=1S/C22H30N2O5S2/c1-29-21(26)19-17-11-14-23(20(25)16-9-5-4-6-10-16)15-18(17)30-22(19)31(27,28)24-12-7-2-3-8-13-24/h4-5,16H,2-3,6-15H2,1H3. The van der Waals surface area contributed by atoms with Crippen LogP contribution in [0, 0.1) is 5.92 Å². The van der Waals surface area contributed by atoms with E-state index in [0.29, 0.717) is 32.6 Å². The number of fused-ring (bicyclic) bond motifs is 1. The molecule has 7 nitrogen and oxygen atoms in total. The van der Waals surface area contributed by atoms with Crippen molar-refractivity contribution >= 4 is 33.2 Å². The molecule has 1 saturated heterocycles. The molecule has 170 valence electrons. The summed E-state index contributed by atoms with van der Waals surface area (Å²) < 4.78 is 33.6. The fraction of sp³-hybridized carbons (Fsp3) is 0.636. The van der Waals surface area contributed by atoms with Gasteiger partial charge in [-0.05, 0) is 44.1 Å². The molecule has 1 atom stereocenters. The number of hydrogen-bond acceptors (Lipinski definition) is 6. The molecule has 1 unspecified atom stereocenters. The molecule has 1 aromatic heterocycles. The van der Waals surface area contributed by atoms with Crippen LogP contribution in [0.25, 0.3) is 0 Å².